The van der Waals surface area contributed by atoms with Gasteiger partial charge in [0.25, 0.3) is 5.56 Å². The summed E-state index contributed by atoms with van der Waals surface area (Å²) in [6.07, 6.45) is 4.70. The van der Waals surface area contributed by atoms with Crippen LogP contribution in [0.1, 0.15) is 67.1 Å². The minimum absolute atomic E-state index is 0.0873. The molecule has 0 radical (unpaired) electrons. The Kier molecular flexibility index (Phi) is 5.36. The summed E-state index contributed by atoms with van der Waals surface area (Å²) >= 11 is 1.60. The van der Waals surface area contributed by atoms with Crippen LogP contribution in [0.3, 0.4) is 0 Å². The van der Waals surface area contributed by atoms with Gasteiger partial charge in [-0.3, -0.25) is 9.59 Å². The molecule has 0 saturated heterocycles. The maximum atomic E-state index is 13.5. The van der Waals surface area contributed by atoms with Crippen LogP contribution in [0.5, 0.6) is 0 Å². The normalized spacial score (nSPS) is 14.8. The molecule has 1 aliphatic carbocycles. The summed E-state index contributed by atoms with van der Waals surface area (Å²) in [5, 5.41) is 2.92. The van der Waals surface area contributed by atoms with Crippen molar-refractivity contribution in [2.45, 2.75) is 55.9 Å². The van der Waals surface area contributed by atoms with Crippen molar-refractivity contribution >= 4 is 28.3 Å². The van der Waals surface area contributed by atoms with E-state index in [1.165, 1.54) is 12.8 Å². The molecular weight excluding hydrogens is 368 g/mol. The van der Waals surface area contributed by atoms with Gasteiger partial charge in [-0.25, -0.2) is 4.98 Å². The highest BCUT2D eigenvalue weighted by Gasteiger charge is 2.25. The third-order valence-corrected chi connectivity index (χ3v) is 6.56. The molecule has 28 heavy (non-hydrogen) atoms. The first-order chi connectivity index (χ1) is 13.5. The second-order valence-electron chi connectivity index (χ2n) is 7.67. The van der Waals surface area contributed by atoms with Gasteiger partial charge in [-0.15, -0.1) is 0 Å². The first-order valence-electron chi connectivity index (χ1n) is 9.88. The lowest BCUT2D eigenvalue weighted by Gasteiger charge is -2.14. The monoisotopic (exact) mass is 392 g/mol. The van der Waals surface area contributed by atoms with E-state index in [0.29, 0.717) is 21.5 Å². The van der Waals surface area contributed by atoms with Crippen molar-refractivity contribution in [2.75, 3.05) is 0 Å². The second kappa shape index (κ2) is 7.92. The molecule has 1 N–H and O–H groups in total. The molecule has 1 fully saturated rings. The number of carbonyl (C=O) groups is 1. The number of fused-ring (bicyclic) bond motifs is 1. The van der Waals surface area contributed by atoms with Crippen molar-refractivity contribution in [3.05, 3.63) is 69.6 Å². The van der Waals surface area contributed by atoms with Crippen molar-refractivity contribution in [1.29, 1.82) is 0 Å². The van der Waals surface area contributed by atoms with Gasteiger partial charge in [0.05, 0.1) is 0 Å². The molecule has 1 aliphatic rings. The average Bonchev–Trinajstić information content (AvgIpc) is 3.19. The molecule has 0 bridgehead atoms. The first-order valence-corrected chi connectivity index (χ1v) is 10.8. The number of hydrogen-bond acceptors (Lipinski definition) is 4. The number of benzene rings is 2. The maximum Gasteiger partial charge on any atom is 0.255 e. The van der Waals surface area contributed by atoms with Gasteiger partial charge in [-0.1, -0.05) is 80.9 Å². The van der Waals surface area contributed by atoms with Crippen LogP contribution in [0, 0.1) is 0 Å². The highest BCUT2D eigenvalue weighted by Crippen LogP contribution is 2.33. The molecule has 2 aromatic carbocycles. The molecule has 1 aromatic heterocycles. The Morgan fingerprint density at radius 1 is 1.11 bits per heavy atom. The van der Waals surface area contributed by atoms with Gasteiger partial charge in [-0.05, 0) is 29.5 Å². The molecule has 3 aromatic rings. The second-order valence-corrected chi connectivity index (χ2v) is 8.96. The minimum Gasteiger partial charge on any atom is -0.301 e. The van der Waals surface area contributed by atoms with Gasteiger partial charge >= 0.3 is 0 Å². The predicted molar refractivity (Wildman–Crippen MR) is 114 cm³/mol. The summed E-state index contributed by atoms with van der Waals surface area (Å²) in [7, 11) is 0. The quantitative estimate of drug-likeness (QED) is 0.472. The molecular formula is C23H24N2O2S. The number of hydrogen-bond donors (Lipinski definition) is 1. The Morgan fingerprint density at radius 3 is 2.57 bits per heavy atom. The van der Waals surface area contributed by atoms with Crippen molar-refractivity contribution in [3.63, 3.8) is 0 Å². The molecule has 4 rings (SSSR count). The number of nitrogens with one attached hydrogen (secondary N) is 1. The van der Waals surface area contributed by atoms with Gasteiger partial charge in [-0.2, -0.15) is 0 Å². The van der Waals surface area contributed by atoms with Crippen LogP contribution >= 0.6 is 11.8 Å². The van der Waals surface area contributed by atoms with Gasteiger partial charge in [0, 0.05) is 16.4 Å². The van der Waals surface area contributed by atoms with E-state index in [1.54, 1.807) is 11.8 Å². The van der Waals surface area contributed by atoms with E-state index >= 15 is 0 Å². The largest absolute Gasteiger partial charge is 0.301 e. The molecule has 0 spiro atoms. The molecule has 4 nitrogen and oxygen atoms in total. The van der Waals surface area contributed by atoms with Crippen LogP contribution in [-0.2, 0) is 0 Å². The Hall–Kier alpha value is -2.40. The Labute approximate surface area is 168 Å². The van der Waals surface area contributed by atoms with Crippen LogP contribution in [-0.4, -0.2) is 21.0 Å². The van der Waals surface area contributed by atoms with Crippen LogP contribution in [0.4, 0.5) is 0 Å². The zero-order chi connectivity index (χ0) is 19.7. The van der Waals surface area contributed by atoms with E-state index in [0.717, 1.165) is 23.6 Å². The highest BCUT2D eigenvalue weighted by atomic mass is 32.2. The number of aromatic nitrogens is 2. The first kappa shape index (κ1) is 18.9. The van der Waals surface area contributed by atoms with Crippen LogP contribution in [0.25, 0.3) is 10.8 Å². The number of thioether (sulfide) groups is 1. The number of aromatic amines is 1. The van der Waals surface area contributed by atoms with Crippen molar-refractivity contribution in [1.82, 2.24) is 9.97 Å². The average molecular weight is 393 g/mol. The fraction of sp³-hybridized carbons (Fsp3) is 0.348. The zero-order valence-corrected chi connectivity index (χ0v) is 17.0. The molecule has 5 heteroatoms. The smallest absolute Gasteiger partial charge is 0.255 e. The van der Waals surface area contributed by atoms with E-state index in [4.69, 9.17) is 0 Å². The SMILES string of the molecule is CC(C)c1c(C(=O)c2cccc3ccccc23)nc(SC2CCCC2)[nH]c1=O. The number of rotatable bonds is 5. The fourth-order valence-corrected chi connectivity index (χ4v) is 5.12. The zero-order valence-electron chi connectivity index (χ0n) is 16.2. The Morgan fingerprint density at radius 2 is 1.82 bits per heavy atom. The number of carbonyl (C=O) groups excluding carboxylic acids is 1. The van der Waals surface area contributed by atoms with E-state index in [2.05, 4.69) is 9.97 Å². The summed E-state index contributed by atoms with van der Waals surface area (Å²) < 4.78 is 0. The standard InChI is InChI=1S/C23H24N2O2S/c1-14(2)19-20(24-23(25-22(19)27)28-16-10-4-5-11-16)21(26)18-13-7-9-15-8-3-6-12-17(15)18/h3,6-9,12-14,16H,4-5,10-11H2,1-2H3,(H,24,25,27). The van der Waals surface area contributed by atoms with Crippen LogP contribution in [0.2, 0.25) is 0 Å². The van der Waals surface area contributed by atoms with Crippen molar-refractivity contribution in [2.24, 2.45) is 0 Å². The summed E-state index contributed by atoms with van der Waals surface area (Å²) in [4.78, 5) is 33.9. The molecule has 1 heterocycles. The topological polar surface area (TPSA) is 62.8 Å². The number of ketones is 1. The molecule has 0 aliphatic heterocycles. The highest BCUT2D eigenvalue weighted by molar-refractivity contribution is 7.99. The molecule has 0 unspecified atom stereocenters. The van der Waals surface area contributed by atoms with Gasteiger partial charge in [0.15, 0.2) is 5.16 Å². The van der Waals surface area contributed by atoms with Crippen LogP contribution in [0.15, 0.2) is 52.4 Å². The number of H-pyrrole nitrogens is 1. The van der Waals surface area contributed by atoms with E-state index in [1.807, 2.05) is 56.3 Å². The van der Waals surface area contributed by atoms with Gasteiger partial charge in [0.1, 0.15) is 5.69 Å². The summed E-state index contributed by atoms with van der Waals surface area (Å²) in [5.74, 6) is -0.268. The Balaban J connectivity index is 1.83. The van der Waals surface area contributed by atoms with E-state index in [9.17, 15) is 9.59 Å². The van der Waals surface area contributed by atoms with Gasteiger partial charge < -0.3 is 4.98 Å². The maximum absolute atomic E-state index is 13.5. The van der Waals surface area contributed by atoms with Crippen LogP contribution < -0.4 is 5.56 Å². The van der Waals surface area contributed by atoms with Crippen molar-refractivity contribution in [3.8, 4) is 0 Å². The minimum atomic E-state index is -0.200. The van der Waals surface area contributed by atoms with E-state index < -0.39 is 0 Å². The lowest BCUT2D eigenvalue weighted by molar-refractivity contribution is 0.103. The molecule has 0 amide bonds. The number of nitrogens with zero attached hydrogens (tertiary/aromatic N) is 1. The summed E-state index contributed by atoms with van der Waals surface area (Å²) in [6.45, 7) is 3.85. The van der Waals surface area contributed by atoms with Crippen molar-refractivity contribution < 1.29 is 4.79 Å². The van der Waals surface area contributed by atoms with E-state index in [-0.39, 0.29) is 23.0 Å². The Bertz CT molecular complexity index is 1080. The predicted octanol–water partition coefficient (Wildman–Crippen LogP) is 5.31. The summed E-state index contributed by atoms with van der Waals surface area (Å²) in [6, 6.07) is 13.5. The fourth-order valence-electron chi connectivity index (χ4n) is 3.94. The third kappa shape index (κ3) is 3.63. The lowest BCUT2D eigenvalue weighted by atomic mass is 9.94. The lowest BCUT2D eigenvalue weighted by Crippen LogP contribution is -2.23. The molecule has 144 valence electrons. The van der Waals surface area contributed by atoms with Gasteiger partial charge in [0.2, 0.25) is 5.78 Å². The third-order valence-electron chi connectivity index (χ3n) is 5.34. The summed E-state index contributed by atoms with van der Waals surface area (Å²) in [5.41, 5.74) is 1.15. The molecule has 1 saturated carbocycles. The molecule has 0 atom stereocenters.